The van der Waals surface area contributed by atoms with E-state index in [4.69, 9.17) is 26.4 Å². The van der Waals surface area contributed by atoms with E-state index in [-0.39, 0.29) is 0 Å². The van der Waals surface area contributed by atoms with Gasteiger partial charge >= 0.3 is 0 Å². The summed E-state index contributed by atoms with van der Waals surface area (Å²) in [7, 11) is 1.67. The predicted octanol–water partition coefficient (Wildman–Crippen LogP) is 7.02. The zero-order valence-electron chi connectivity index (χ0n) is 15.7. The number of ether oxygens (including phenoxy) is 1. The molecule has 1 aromatic heterocycles. The number of rotatable bonds is 12. The molecule has 3 nitrogen and oxygen atoms in total. The lowest BCUT2D eigenvalue weighted by molar-refractivity contribution is 0.419. The average Bonchev–Trinajstić information content (AvgIpc) is 2.66. The van der Waals surface area contributed by atoms with E-state index >= 15 is 0 Å². The highest BCUT2D eigenvalue weighted by Crippen LogP contribution is 2.30. The molecule has 26 heavy (non-hydrogen) atoms. The first-order chi connectivity index (χ1) is 12.8. The number of aromatic nitrogens is 1. The first kappa shape index (κ1) is 20.6. The molecule has 0 saturated carbocycles. The van der Waals surface area contributed by atoms with Crippen LogP contribution in [-0.2, 0) is 6.42 Å². The van der Waals surface area contributed by atoms with E-state index in [1.807, 2.05) is 18.2 Å². The van der Waals surface area contributed by atoms with Crippen molar-refractivity contribution in [2.24, 2.45) is 0 Å². The second-order valence-corrected chi connectivity index (χ2v) is 7.11. The maximum atomic E-state index is 8.57. The first-order valence-electron chi connectivity index (χ1n) is 9.67. The van der Waals surface area contributed by atoms with Crippen LogP contribution in [0.2, 0.25) is 5.02 Å². The number of methoxy groups -OCH3 is 1. The average molecular weight is 376 g/mol. The number of nitrogens with zero attached hydrogens (tertiary/aromatic N) is 1. The topological polar surface area (TPSA) is 42.4 Å². The van der Waals surface area contributed by atoms with Crippen molar-refractivity contribution in [2.75, 3.05) is 7.11 Å². The van der Waals surface area contributed by atoms with Gasteiger partial charge in [-0.1, -0.05) is 56.2 Å². The third-order valence-electron chi connectivity index (χ3n) is 4.70. The summed E-state index contributed by atoms with van der Waals surface area (Å²) in [4.78, 5) is 4.76. The van der Waals surface area contributed by atoms with Gasteiger partial charge in [0, 0.05) is 11.1 Å². The number of fused-ring (bicyclic) bond motifs is 1. The molecule has 0 amide bonds. The van der Waals surface area contributed by atoms with E-state index in [0.29, 0.717) is 5.02 Å². The lowest BCUT2D eigenvalue weighted by Crippen LogP contribution is -1.94. The van der Waals surface area contributed by atoms with Gasteiger partial charge < -0.3 is 9.84 Å². The number of hydrogen-bond acceptors (Lipinski definition) is 3. The molecular weight excluding hydrogens is 346 g/mol. The van der Waals surface area contributed by atoms with Gasteiger partial charge in [-0.05, 0) is 49.9 Å². The monoisotopic (exact) mass is 375 g/mol. The van der Waals surface area contributed by atoms with E-state index < -0.39 is 0 Å². The molecule has 1 heterocycles. The summed E-state index contributed by atoms with van der Waals surface area (Å²) in [6.07, 6.45) is 15.0. The van der Waals surface area contributed by atoms with Crippen LogP contribution in [0.4, 0.5) is 0 Å². The molecular formula is C22H30ClNO2. The molecule has 0 unspecified atom stereocenters. The van der Waals surface area contributed by atoms with Crippen molar-refractivity contribution in [3.8, 4) is 5.75 Å². The van der Waals surface area contributed by atoms with Crippen LogP contribution in [0.3, 0.4) is 0 Å². The van der Waals surface area contributed by atoms with Gasteiger partial charge in [0.2, 0.25) is 0 Å². The number of unbranched alkanes of at least 4 members (excludes halogenated alkanes) is 8. The van der Waals surface area contributed by atoms with Gasteiger partial charge in [-0.3, -0.25) is 0 Å². The molecule has 0 aliphatic heterocycles. The summed E-state index contributed by atoms with van der Waals surface area (Å²) in [5, 5.41) is 10.2. The highest BCUT2D eigenvalue weighted by atomic mass is 35.5. The highest BCUT2D eigenvalue weighted by molar-refractivity contribution is 6.35. The lowest BCUT2D eigenvalue weighted by atomic mass is 10.1. The van der Waals surface area contributed by atoms with Gasteiger partial charge in [0.25, 0.3) is 0 Å². The van der Waals surface area contributed by atoms with Crippen molar-refractivity contribution in [1.82, 2.24) is 4.98 Å². The van der Waals surface area contributed by atoms with E-state index in [9.17, 15) is 0 Å². The Hall–Kier alpha value is -1.74. The molecule has 0 radical (unpaired) electrons. The van der Waals surface area contributed by atoms with E-state index in [0.717, 1.165) is 41.5 Å². The normalized spacial score (nSPS) is 11.5. The fourth-order valence-electron chi connectivity index (χ4n) is 3.21. The minimum absolute atomic E-state index is 0.715. The van der Waals surface area contributed by atoms with Crippen molar-refractivity contribution >= 4 is 22.5 Å². The largest absolute Gasteiger partial charge is 0.516 e. The SMILES string of the molecule is COc1ccc(Cl)c2ccc(CCCCCCCCCCC=CO)nc12. The van der Waals surface area contributed by atoms with Crippen molar-refractivity contribution < 1.29 is 9.84 Å². The Kier molecular flexibility index (Phi) is 9.33. The molecule has 0 atom stereocenters. The number of aryl methyl sites for hydroxylation is 1. The van der Waals surface area contributed by atoms with Crippen molar-refractivity contribution in [1.29, 1.82) is 0 Å². The predicted molar refractivity (Wildman–Crippen MR) is 110 cm³/mol. The molecule has 0 fully saturated rings. The maximum Gasteiger partial charge on any atom is 0.145 e. The molecule has 4 heteroatoms. The third-order valence-corrected chi connectivity index (χ3v) is 5.03. The van der Waals surface area contributed by atoms with Crippen LogP contribution in [-0.4, -0.2) is 17.2 Å². The van der Waals surface area contributed by atoms with Gasteiger partial charge in [-0.2, -0.15) is 0 Å². The van der Waals surface area contributed by atoms with Gasteiger partial charge in [0.05, 0.1) is 18.4 Å². The van der Waals surface area contributed by atoms with Crippen LogP contribution >= 0.6 is 11.6 Å². The Labute approximate surface area is 162 Å². The Bertz CT molecular complexity index is 700. The van der Waals surface area contributed by atoms with E-state index in [1.165, 1.54) is 51.4 Å². The number of benzene rings is 1. The van der Waals surface area contributed by atoms with Crippen LogP contribution in [0.1, 0.15) is 63.5 Å². The molecule has 0 bridgehead atoms. The number of aliphatic hydroxyl groups is 1. The number of hydrogen-bond donors (Lipinski definition) is 1. The zero-order chi connectivity index (χ0) is 18.6. The lowest BCUT2D eigenvalue weighted by Gasteiger charge is -2.08. The third kappa shape index (κ3) is 6.53. The summed E-state index contributed by atoms with van der Waals surface area (Å²) in [6, 6.07) is 7.86. The molecule has 0 aliphatic rings. The smallest absolute Gasteiger partial charge is 0.145 e. The zero-order valence-corrected chi connectivity index (χ0v) is 16.5. The van der Waals surface area contributed by atoms with Gasteiger partial charge in [0.15, 0.2) is 0 Å². The van der Waals surface area contributed by atoms with Crippen LogP contribution in [0.15, 0.2) is 36.6 Å². The maximum absolute atomic E-state index is 8.57. The number of allylic oxidation sites excluding steroid dienone is 1. The second kappa shape index (κ2) is 11.8. The second-order valence-electron chi connectivity index (χ2n) is 6.70. The van der Waals surface area contributed by atoms with Crippen LogP contribution < -0.4 is 4.74 Å². The molecule has 1 N–H and O–H groups in total. The van der Waals surface area contributed by atoms with E-state index in [1.54, 1.807) is 7.11 Å². The Morgan fingerprint density at radius 3 is 2.35 bits per heavy atom. The Morgan fingerprint density at radius 2 is 1.65 bits per heavy atom. The van der Waals surface area contributed by atoms with Crippen molar-refractivity contribution in [2.45, 2.75) is 64.2 Å². The summed E-state index contributed by atoms with van der Waals surface area (Å²) in [5.41, 5.74) is 1.96. The quantitative estimate of drug-likeness (QED) is 0.320. The number of halogens is 1. The summed E-state index contributed by atoms with van der Waals surface area (Å²) in [5.74, 6) is 0.778. The molecule has 0 spiro atoms. The minimum Gasteiger partial charge on any atom is -0.516 e. The minimum atomic E-state index is 0.715. The van der Waals surface area contributed by atoms with Crippen LogP contribution in [0, 0.1) is 0 Å². The molecule has 1 aromatic carbocycles. The highest BCUT2D eigenvalue weighted by Gasteiger charge is 2.07. The Morgan fingerprint density at radius 1 is 0.962 bits per heavy atom. The van der Waals surface area contributed by atoms with Gasteiger partial charge in [0.1, 0.15) is 11.3 Å². The van der Waals surface area contributed by atoms with Crippen molar-refractivity contribution in [3.63, 3.8) is 0 Å². The number of aliphatic hydroxyl groups excluding tert-OH is 1. The fraction of sp³-hybridized carbons (Fsp3) is 0.500. The molecule has 0 saturated heterocycles. The molecule has 0 aliphatic carbocycles. The summed E-state index contributed by atoms with van der Waals surface area (Å²) >= 11 is 6.25. The molecule has 2 rings (SSSR count). The van der Waals surface area contributed by atoms with Gasteiger partial charge in [-0.25, -0.2) is 4.98 Å². The molecule has 2 aromatic rings. The fourth-order valence-corrected chi connectivity index (χ4v) is 3.42. The summed E-state index contributed by atoms with van der Waals surface area (Å²) in [6.45, 7) is 0. The standard InChI is InChI=1S/C22H30ClNO2/c1-26-21-16-15-20(23)19-14-13-18(24-22(19)21)12-10-8-6-4-2-3-5-7-9-11-17-25/h11,13-17,25H,2-10,12H2,1H3. The molecule has 142 valence electrons. The van der Waals surface area contributed by atoms with E-state index in [2.05, 4.69) is 12.1 Å². The first-order valence-corrected chi connectivity index (χ1v) is 10.1. The van der Waals surface area contributed by atoms with Crippen LogP contribution in [0.5, 0.6) is 5.75 Å². The van der Waals surface area contributed by atoms with Gasteiger partial charge in [-0.15, -0.1) is 0 Å². The number of pyridine rings is 1. The van der Waals surface area contributed by atoms with Crippen molar-refractivity contribution in [3.05, 3.63) is 47.3 Å². The summed E-state index contributed by atoms with van der Waals surface area (Å²) < 4.78 is 5.41. The Balaban J connectivity index is 1.67. The van der Waals surface area contributed by atoms with Crippen LogP contribution in [0.25, 0.3) is 10.9 Å².